The van der Waals surface area contributed by atoms with Gasteiger partial charge in [0.25, 0.3) is 5.91 Å². The van der Waals surface area contributed by atoms with Crippen LogP contribution in [-0.2, 0) is 4.79 Å². The summed E-state index contributed by atoms with van der Waals surface area (Å²) >= 11 is 0. The fourth-order valence-electron chi connectivity index (χ4n) is 1.22. The molecule has 17 heavy (non-hydrogen) atoms. The first-order valence-corrected chi connectivity index (χ1v) is 4.51. The van der Waals surface area contributed by atoms with Crippen molar-refractivity contribution >= 4 is 11.6 Å². The van der Waals surface area contributed by atoms with Crippen molar-refractivity contribution in [2.24, 2.45) is 10.7 Å². The van der Waals surface area contributed by atoms with Crippen LogP contribution in [0.4, 0.5) is 13.2 Å². The second-order valence-electron chi connectivity index (χ2n) is 3.29. The quantitative estimate of drug-likeness (QED) is 0.565. The van der Waals surface area contributed by atoms with Crippen molar-refractivity contribution < 1.29 is 23.1 Å². The molecule has 1 aliphatic rings. The fourth-order valence-corrected chi connectivity index (χ4v) is 1.22. The average Bonchev–Trinajstić information content (AvgIpc) is 2.20. The van der Waals surface area contributed by atoms with Crippen LogP contribution in [0.3, 0.4) is 0 Å². The van der Waals surface area contributed by atoms with Gasteiger partial charge < -0.3 is 21.1 Å². The molecule has 1 unspecified atom stereocenters. The molecule has 0 radical (unpaired) electrons. The first-order chi connectivity index (χ1) is 7.76. The summed E-state index contributed by atoms with van der Waals surface area (Å²) in [5, 5.41) is 11.3. The molecule has 0 aromatic rings. The van der Waals surface area contributed by atoms with Crippen LogP contribution in [0.5, 0.6) is 0 Å². The van der Waals surface area contributed by atoms with Gasteiger partial charge in [0.15, 0.2) is 0 Å². The minimum Gasteiger partial charge on any atom is -0.403 e. The number of aliphatic hydroxyl groups is 1. The molecule has 1 rings (SSSR count). The molecule has 1 fully saturated rings. The van der Waals surface area contributed by atoms with Crippen molar-refractivity contribution in [1.29, 1.82) is 0 Å². The van der Waals surface area contributed by atoms with Crippen LogP contribution in [0.25, 0.3) is 0 Å². The monoisotopic (exact) mass is 252 g/mol. The number of nitrogens with two attached hydrogens (primary N) is 1. The van der Waals surface area contributed by atoms with Crippen molar-refractivity contribution in [3.63, 3.8) is 0 Å². The first-order valence-electron chi connectivity index (χ1n) is 4.51. The molecule has 0 aliphatic carbocycles. The highest BCUT2D eigenvalue weighted by atomic mass is 19.4. The van der Waals surface area contributed by atoms with Crippen molar-refractivity contribution in [3.05, 3.63) is 11.9 Å². The molecule has 0 aromatic carbocycles. The van der Waals surface area contributed by atoms with Crippen LogP contribution in [0.15, 0.2) is 16.9 Å². The summed E-state index contributed by atoms with van der Waals surface area (Å²) in [6, 6.07) is 0. The number of halogens is 3. The van der Waals surface area contributed by atoms with Gasteiger partial charge in [-0.25, -0.2) is 0 Å². The molecule has 0 bridgehead atoms. The number of hydrogen-bond donors (Lipinski definition) is 3. The largest absolute Gasteiger partial charge is 0.407 e. The molecule has 96 valence electrons. The lowest BCUT2D eigenvalue weighted by molar-refractivity contribution is -0.123. The average molecular weight is 252 g/mol. The molecule has 1 amide bonds. The maximum Gasteiger partial charge on any atom is 0.407 e. The topological polar surface area (TPSA) is 91.0 Å². The SMILES string of the molecule is CN1C(=CN)C(=NCC(F)(F)F)C(=O)NC1O. The Labute approximate surface area is 94.6 Å². The van der Waals surface area contributed by atoms with Gasteiger partial charge in [-0.05, 0) is 0 Å². The second kappa shape index (κ2) is 4.62. The Morgan fingerprint density at radius 2 is 2.24 bits per heavy atom. The summed E-state index contributed by atoms with van der Waals surface area (Å²) in [6.45, 7) is -1.49. The number of carbonyl (C=O) groups is 1. The van der Waals surface area contributed by atoms with E-state index in [9.17, 15) is 23.1 Å². The van der Waals surface area contributed by atoms with Crippen molar-refractivity contribution in [2.75, 3.05) is 13.6 Å². The highest BCUT2D eigenvalue weighted by Crippen LogP contribution is 2.17. The number of hydrogen-bond acceptors (Lipinski definition) is 5. The third kappa shape index (κ3) is 3.09. The van der Waals surface area contributed by atoms with Crippen LogP contribution < -0.4 is 11.1 Å². The summed E-state index contributed by atoms with van der Waals surface area (Å²) in [5.41, 5.74) is 4.67. The molecule has 6 nitrogen and oxygen atoms in total. The predicted octanol–water partition coefficient (Wildman–Crippen LogP) is -0.873. The lowest BCUT2D eigenvalue weighted by Gasteiger charge is -2.33. The molecular formula is C8H11F3N4O2. The molecule has 0 spiro atoms. The van der Waals surface area contributed by atoms with E-state index in [2.05, 4.69) is 4.99 Å². The van der Waals surface area contributed by atoms with Crippen LogP contribution in [0.1, 0.15) is 0 Å². The number of alkyl halides is 3. The fraction of sp³-hybridized carbons (Fsp3) is 0.500. The van der Waals surface area contributed by atoms with Gasteiger partial charge in [0.05, 0.1) is 5.70 Å². The maximum absolute atomic E-state index is 12.0. The zero-order chi connectivity index (χ0) is 13.2. The summed E-state index contributed by atoms with van der Waals surface area (Å²) in [6.07, 6.45) is -4.94. The Balaban J connectivity index is 3.00. The molecule has 4 N–H and O–H groups in total. The Bertz CT molecular complexity index is 377. The Morgan fingerprint density at radius 1 is 1.65 bits per heavy atom. The number of carbonyl (C=O) groups excluding carboxylic acids is 1. The van der Waals surface area contributed by atoms with Crippen LogP contribution in [0, 0.1) is 0 Å². The van der Waals surface area contributed by atoms with Gasteiger partial charge in [0.2, 0.25) is 6.35 Å². The molecule has 1 heterocycles. The minimum atomic E-state index is -4.51. The van der Waals surface area contributed by atoms with Crippen molar-refractivity contribution in [1.82, 2.24) is 10.2 Å². The molecule has 0 saturated carbocycles. The van der Waals surface area contributed by atoms with Crippen LogP contribution in [-0.4, -0.2) is 47.7 Å². The summed E-state index contributed by atoms with van der Waals surface area (Å²) in [4.78, 5) is 15.6. The minimum absolute atomic E-state index is 0.0644. The molecule has 1 aliphatic heterocycles. The van der Waals surface area contributed by atoms with Crippen molar-refractivity contribution in [3.8, 4) is 0 Å². The number of aliphatic imine (C=N–C) groups is 1. The third-order valence-corrected chi connectivity index (χ3v) is 2.04. The van der Waals surface area contributed by atoms with E-state index in [0.717, 1.165) is 11.1 Å². The Hall–Kier alpha value is -1.77. The number of rotatable bonds is 1. The van der Waals surface area contributed by atoms with E-state index in [1.165, 1.54) is 7.05 Å². The first kappa shape index (κ1) is 13.3. The zero-order valence-corrected chi connectivity index (χ0v) is 8.82. The van der Waals surface area contributed by atoms with Crippen LogP contribution in [0.2, 0.25) is 0 Å². The maximum atomic E-state index is 12.0. The molecule has 1 atom stereocenters. The highest BCUT2D eigenvalue weighted by molar-refractivity contribution is 6.45. The van der Waals surface area contributed by atoms with Gasteiger partial charge in [0, 0.05) is 13.2 Å². The smallest absolute Gasteiger partial charge is 0.403 e. The number of aliphatic hydroxyl groups excluding tert-OH is 1. The number of amides is 1. The molecule has 1 saturated heterocycles. The predicted molar refractivity (Wildman–Crippen MR) is 52.5 cm³/mol. The zero-order valence-electron chi connectivity index (χ0n) is 8.82. The van der Waals surface area contributed by atoms with Gasteiger partial charge in [-0.2, -0.15) is 13.2 Å². The summed E-state index contributed by atoms with van der Waals surface area (Å²) in [5.74, 6) is -0.906. The lowest BCUT2D eigenvalue weighted by Crippen LogP contribution is -2.56. The molecule has 0 aromatic heterocycles. The second-order valence-corrected chi connectivity index (χ2v) is 3.29. The van der Waals surface area contributed by atoms with E-state index in [-0.39, 0.29) is 5.70 Å². The summed E-state index contributed by atoms with van der Waals surface area (Å²) < 4.78 is 36.0. The number of nitrogens with zero attached hydrogens (tertiary/aromatic N) is 2. The van der Waals surface area contributed by atoms with Gasteiger partial charge in [-0.1, -0.05) is 0 Å². The Kier molecular flexibility index (Phi) is 3.61. The number of nitrogens with one attached hydrogen (secondary N) is 1. The van der Waals surface area contributed by atoms with Gasteiger partial charge >= 0.3 is 6.18 Å². The van der Waals surface area contributed by atoms with Crippen LogP contribution >= 0.6 is 0 Å². The molecular weight excluding hydrogens is 241 g/mol. The van der Waals surface area contributed by atoms with Gasteiger partial charge in [-0.15, -0.1) is 0 Å². The van der Waals surface area contributed by atoms with Gasteiger partial charge in [0.1, 0.15) is 12.3 Å². The highest BCUT2D eigenvalue weighted by Gasteiger charge is 2.33. The van der Waals surface area contributed by atoms with E-state index in [1.54, 1.807) is 0 Å². The lowest BCUT2D eigenvalue weighted by atomic mass is 10.2. The summed E-state index contributed by atoms with van der Waals surface area (Å²) in [7, 11) is 1.35. The van der Waals surface area contributed by atoms with Gasteiger partial charge in [-0.3, -0.25) is 9.79 Å². The standard InChI is InChI=1S/C8H11F3N4O2/c1-15-4(2-12)5(6(16)14-7(15)17)13-3-8(9,10)11/h2,7,17H,3,12H2,1H3,(H,14,16). The van der Waals surface area contributed by atoms with E-state index in [4.69, 9.17) is 5.73 Å². The third-order valence-electron chi connectivity index (χ3n) is 2.04. The van der Waals surface area contributed by atoms with E-state index < -0.39 is 30.7 Å². The molecule has 9 heteroatoms. The van der Waals surface area contributed by atoms with E-state index >= 15 is 0 Å². The Morgan fingerprint density at radius 3 is 2.71 bits per heavy atom. The normalized spacial score (nSPS) is 26.5. The van der Waals surface area contributed by atoms with Crippen molar-refractivity contribution in [2.45, 2.75) is 12.5 Å². The van der Waals surface area contributed by atoms with E-state index in [1.807, 2.05) is 5.32 Å². The van der Waals surface area contributed by atoms with E-state index in [0.29, 0.717) is 0 Å².